The number of aromatic nitrogens is 2. The van der Waals surface area contributed by atoms with E-state index >= 15 is 0 Å². The van der Waals surface area contributed by atoms with Gasteiger partial charge in [-0.3, -0.25) is 0 Å². The minimum atomic E-state index is 0.554. The van der Waals surface area contributed by atoms with Crippen LogP contribution in [0.25, 0.3) is 11.1 Å². The van der Waals surface area contributed by atoms with Gasteiger partial charge < -0.3 is 9.84 Å². The number of aryl methyl sites for hydroxylation is 1. The van der Waals surface area contributed by atoms with E-state index < -0.39 is 0 Å². The quantitative estimate of drug-likeness (QED) is 0.621. The number of nitrogens with one attached hydrogen (secondary N) is 1. The maximum Gasteiger partial charge on any atom is 0.245 e. The minimum absolute atomic E-state index is 0.554. The van der Waals surface area contributed by atoms with E-state index in [-0.39, 0.29) is 0 Å². The topological polar surface area (TPSA) is 51.0 Å². The van der Waals surface area contributed by atoms with Crippen LogP contribution in [0.1, 0.15) is 29.8 Å². The van der Waals surface area contributed by atoms with Crippen molar-refractivity contribution in [1.82, 2.24) is 10.1 Å². The Morgan fingerprint density at radius 2 is 1.95 bits per heavy atom. The molecule has 1 aliphatic rings. The molecule has 4 heteroatoms. The maximum absolute atomic E-state index is 5.20. The predicted octanol–water partition coefficient (Wildman–Crippen LogP) is 3.82. The summed E-state index contributed by atoms with van der Waals surface area (Å²) < 4.78 is 5.20. The number of anilines is 1. The van der Waals surface area contributed by atoms with Crippen molar-refractivity contribution in [2.45, 2.75) is 26.3 Å². The summed E-state index contributed by atoms with van der Waals surface area (Å²) in [6.45, 7) is 2.57. The average molecular weight is 291 g/mol. The summed E-state index contributed by atoms with van der Waals surface area (Å²) in [5, 5.41) is 7.26. The van der Waals surface area contributed by atoms with Crippen LogP contribution in [-0.2, 0) is 19.4 Å². The summed E-state index contributed by atoms with van der Waals surface area (Å²) in [5.41, 5.74) is 6.55. The van der Waals surface area contributed by atoms with E-state index in [0.29, 0.717) is 12.4 Å². The third kappa shape index (κ3) is 2.26. The van der Waals surface area contributed by atoms with Crippen LogP contribution in [0.15, 0.2) is 47.0 Å². The summed E-state index contributed by atoms with van der Waals surface area (Å²) in [5.74, 6) is 1.38. The second-order valence-electron chi connectivity index (χ2n) is 5.52. The highest BCUT2D eigenvalue weighted by Gasteiger charge is 2.17. The molecule has 4 nitrogen and oxygen atoms in total. The average Bonchev–Trinajstić information content (AvgIpc) is 3.16. The third-order valence-electron chi connectivity index (χ3n) is 4.06. The lowest BCUT2D eigenvalue weighted by Gasteiger charge is -2.06. The van der Waals surface area contributed by atoms with Crippen molar-refractivity contribution in [2.24, 2.45) is 0 Å². The highest BCUT2D eigenvalue weighted by Crippen LogP contribution is 2.37. The monoisotopic (exact) mass is 291 g/mol. The summed E-state index contributed by atoms with van der Waals surface area (Å²) in [6, 6.07) is 15.1. The zero-order chi connectivity index (χ0) is 14.9. The van der Waals surface area contributed by atoms with E-state index in [2.05, 4.69) is 57.9 Å². The molecule has 1 aliphatic carbocycles. The fourth-order valence-electron chi connectivity index (χ4n) is 2.94. The highest BCUT2D eigenvalue weighted by molar-refractivity contribution is 5.78. The smallest absolute Gasteiger partial charge is 0.245 e. The molecule has 0 saturated heterocycles. The minimum Gasteiger partial charge on any atom is -0.376 e. The molecule has 0 unspecified atom stereocenters. The van der Waals surface area contributed by atoms with E-state index in [0.717, 1.165) is 24.4 Å². The van der Waals surface area contributed by atoms with Crippen molar-refractivity contribution in [2.75, 3.05) is 5.32 Å². The molecule has 0 fully saturated rings. The summed E-state index contributed by atoms with van der Waals surface area (Å²) in [7, 11) is 0. The predicted molar refractivity (Wildman–Crippen MR) is 85.7 cm³/mol. The van der Waals surface area contributed by atoms with Gasteiger partial charge in [0.2, 0.25) is 5.89 Å². The molecule has 0 spiro atoms. The fraction of sp³-hybridized carbons (Fsp3) is 0.222. The number of hydrogen-bond acceptors (Lipinski definition) is 4. The first-order chi connectivity index (χ1) is 10.8. The molecule has 0 amide bonds. The molecule has 0 atom stereocenters. The molecular weight excluding hydrogens is 274 g/mol. The standard InChI is InChI=1S/C18H17N3O/c1-2-17-20-18(22-21-17)11-19-14-7-8-16-13(10-14)9-12-5-3-4-6-15(12)16/h3-8,10,19H,2,9,11H2,1H3. The SMILES string of the molecule is CCc1noc(CNc2ccc3c(c2)Cc2ccccc2-3)n1. The molecule has 0 radical (unpaired) electrons. The Morgan fingerprint density at radius 1 is 1.09 bits per heavy atom. The van der Waals surface area contributed by atoms with Crippen molar-refractivity contribution < 1.29 is 4.52 Å². The zero-order valence-electron chi connectivity index (χ0n) is 12.5. The first-order valence-electron chi connectivity index (χ1n) is 7.60. The molecule has 1 N–H and O–H groups in total. The van der Waals surface area contributed by atoms with Gasteiger partial charge in [-0.2, -0.15) is 4.98 Å². The van der Waals surface area contributed by atoms with Crippen LogP contribution in [0, 0.1) is 0 Å². The molecule has 1 heterocycles. The lowest BCUT2D eigenvalue weighted by atomic mass is 10.1. The molecule has 0 saturated carbocycles. The molecule has 0 bridgehead atoms. The Bertz CT molecular complexity index is 823. The van der Waals surface area contributed by atoms with Crippen LogP contribution in [0.5, 0.6) is 0 Å². The lowest BCUT2D eigenvalue weighted by Crippen LogP contribution is -2.00. The maximum atomic E-state index is 5.20. The number of rotatable bonds is 4. The number of nitrogens with zero attached hydrogens (tertiary/aromatic N) is 2. The summed E-state index contributed by atoms with van der Waals surface area (Å²) in [6.07, 6.45) is 1.79. The van der Waals surface area contributed by atoms with Crippen LogP contribution in [-0.4, -0.2) is 10.1 Å². The summed E-state index contributed by atoms with van der Waals surface area (Å²) >= 11 is 0. The Kier molecular flexibility index (Phi) is 3.15. The van der Waals surface area contributed by atoms with E-state index in [1.54, 1.807) is 0 Å². The lowest BCUT2D eigenvalue weighted by molar-refractivity contribution is 0.378. The summed E-state index contributed by atoms with van der Waals surface area (Å²) in [4.78, 5) is 4.31. The molecule has 3 aromatic rings. The molecule has 4 rings (SSSR count). The number of fused-ring (bicyclic) bond motifs is 3. The van der Waals surface area contributed by atoms with Gasteiger partial charge in [-0.25, -0.2) is 0 Å². The van der Waals surface area contributed by atoms with Gasteiger partial charge in [-0.1, -0.05) is 42.4 Å². The normalized spacial score (nSPS) is 12.0. The van der Waals surface area contributed by atoms with Crippen molar-refractivity contribution in [3.8, 4) is 11.1 Å². The molecule has 22 heavy (non-hydrogen) atoms. The molecular formula is C18H17N3O. The Hall–Kier alpha value is -2.62. The first-order valence-corrected chi connectivity index (χ1v) is 7.60. The number of hydrogen-bond donors (Lipinski definition) is 1. The second kappa shape index (κ2) is 5.30. The number of benzene rings is 2. The second-order valence-corrected chi connectivity index (χ2v) is 5.52. The van der Waals surface area contributed by atoms with Gasteiger partial charge in [-0.05, 0) is 40.8 Å². The van der Waals surface area contributed by atoms with E-state index in [9.17, 15) is 0 Å². The Balaban J connectivity index is 1.52. The van der Waals surface area contributed by atoms with Gasteiger partial charge in [0.25, 0.3) is 0 Å². The van der Waals surface area contributed by atoms with Gasteiger partial charge in [0.1, 0.15) is 0 Å². The fourth-order valence-corrected chi connectivity index (χ4v) is 2.94. The van der Waals surface area contributed by atoms with Crippen molar-refractivity contribution in [3.63, 3.8) is 0 Å². The van der Waals surface area contributed by atoms with E-state index in [1.807, 2.05) is 6.92 Å². The van der Waals surface area contributed by atoms with E-state index in [1.165, 1.54) is 22.3 Å². The van der Waals surface area contributed by atoms with Crippen molar-refractivity contribution >= 4 is 5.69 Å². The van der Waals surface area contributed by atoms with Gasteiger partial charge in [0.15, 0.2) is 5.82 Å². The van der Waals surface area contributed by atoms with E-state index in [4.69, 9.17) is 4.52 Å². The van der Waals surface area contributed by atoms with Gasteiger partial charge in [0, 0.05) is 12.1 Å². The molecule has 110 valence electrons. The highest BCUT2D eigenvalue weighted by atomic mass is 16.5. The van der Waals surface area contributed by atoms with Crippen LogP contribution >= 0.6 is 0 Å². The van der Waals surface area contributed by atoms with Crippen LogP contribution in [0.2, 0.25) is 0 Å². The van der Waals surface area contributed by atoms with Crippen molar-refractivity contribution in [3.05, 3.63) is 65.3 Å². The van der Waals surface area contributed by atoms with Gasteiger partial charge >= 0.3 is 0 Å². The van der Waals surface area contributed by atoms with Crippen LogP contribution in [0.3, 0.4) is 0 Å². The van der Waals surface area contributed by atoms with Crippen LogP contribution in [0.4, 0.5) is 5.69 Å². The van der Waals surface area contributed by atoms with Crippen LogP contribution < -0.4 is 5.32 Å². The largest absolute Gasteiger partial charge is 0.376 e. The Morgan fingerprint density at radius 3 is 2.82 bits per heavy atom. The zero-order valence-corrected chi connectivity index (χ0v) is 12.5. The molecule has 1 aromatic heterocycles. The molecule has 0 aliphatic heterocycles. The van der Waals surface area contributed by atoms with Gasteiger partial charge in [0.05, 0.1) is 6.54 Å². The Labute approximate surface area is 129 Å². The van der Waals surface area contributed by atoms with Gasteiger partial charge in [-0.15, -0.1) is 0 Å². The molecule has 2 aromatic carbocycles. The third-order valence-corrected chi connectivity index (χ3v) is 4.06. The first kappa shape index (κ1) is 13.1. The van der Waals surface area contributed by atoms with Crippen molar-refractivity contribution in [1.29, 1.82) is 0 Å².